The largest absolute Gasteiger partial charge is 0.307 e. The highest BCUT2D eigenvalue weighted by Crippen LogP contribution is 2.35. The first-order valence-corrected chi connectivity index (χ1v) is 11.9. The Morgan fingerprint density at radius 3 is 2.91 bits per heavy atom. The van der Waals surface area contributed by atoms with Crippen molar-refractivity contribution in [1.82, 2.24) is 24.8 Å². The molecule has 0 amide bonds. The third kappa shape index (κ3) is 4.42. The predicted molar refractivity (Wildman–Crippen MR) is 134 cm³/mol. The molecule has 3 unspecified atom stereocenters. The summed E-state index contributed by atoms with van der Waals surface area (Å²) >= 11 is 0. The summed E-state index contributed by atoms with van der Waals surface area (Å²) in [6.07, 6.45) is 13.7. The molecule has 2 aromatic rings. The van der Waals surface area contributed by atoms with Gasteiger partial charge in [0.05, 0.1) is 12.2 Å². The Hall–Kier alpha value is -3.26. The van der Waals surface area contributed by atoms with Gasteiger partial charge in [-0.3, -0.25) is 5.41 Å². The van der Waals surface area contributed by atoms with E-state index in [1.165, 1.54) is 24.6 Å². The lowest BCUT2D eigenvalue weighted by molar-refractivity contribution is 0.474. The lowest BCUT2D eigenvalue weighted by Gasteiger charge is -2.25. The van der Waals surface area contributed by atoms with E-state index in [2.05, 4.69) is 39.0 Å². The van der Waals surface area contributed by atoms with E-state index in [1.807, 2.05) is 24.5 Å². The molecular weight excluding hydrogens is 429 g/mol. The molecule has 176 valence electrons. The quantitative estimate of drug-likeness (QED) is 0.354. The highest BCUT2D eigenvalue weighted by molar-refractivity contribution is 6.10. The first kappa shape index (κ1) is 22.5. The zero-order valence-electron chi connectivity index (χ0n) is 19.7. The number of hydrogen-bond acceptors (Lipinski definition) is 5. The molecule has 1 saturated heterocycles. The van der Waals surface area contributed by atoms with E-state index in [-0.39, 0.29) is 11.7 Å². The van der Waals surface area contributed by atoms with Gasteiger partial charge in [0, 0.05) is 35.9 Å². The number of imidazole rings is 1. The summed E-state index contributed by atoms with van der Waals surface area (Å²) in [4.78, 5) is 17.6. The minimum Gasteiger partial charge on any atom is -0.307 e. The van der Waals surface area contributed by atoms with Crippen molar-refractivity contribution in [3.05, 3.63) is 59.1 Å². The van der Waals surface area contributed by atoms with Gasteiger partial charge in [-0.15, -0.1) is 0 Å². The highest BCUT2D eigenvalue weighted by atomic mass is 19.1. The molecule has 3 aliphatic rings. The minimum atomic E-state index is -0.0842. The maximum Gasteiger partial charge on any atom is 0.164 e. The summed E-state index contributed by atoms with van der Waals surface area (Å²) in [5.74, 6) is 1.29. The van der Waals surface area contributed by atoms with E-state index in [0.29, 0.717) is 59.0 Å². The maximum absolute atomic E-state index is 15.4. The highest BCUT2D eigenvalue weighted by Gasteiger charge is 2.29. The van der Waals surface area contributed by atoms with Crippen LogP contribution >= 0.6 is 0 Å². The number of allylic oxidation sites excluding steroid dienone is 5. The van der Waals surface area contributed by atoms with E-state index in [4.69, 9.17) is 10.4 Å². The number of hydrogen-bond donors (Lipinski definition) is 2. The van der Waals surface area contributed by atoms with Crippen LogP contribution in [0.15, 0.2) is 46.8 Å². The third-order valence-corrected chi connectivity index (χ3v) is 6.91. The molecule has 2 aliphatic heterocycles. The number of aryl methyl sites for hydroxylation is 2. The molecule has 0 saturated carbocycles. The molecule has 8 heteroatoms. The monoisotopic (exact) mass is 459 g/mol. The van der Waals surface area contributed by atoms with Gasteiger partial charge in [0.1, 0.15) is 29.3 Å². The van der Waals surface area contributed by atoms with Crippen LogP contribution in [-0.4, -0.2) is 44.2 Å². The molecule has 2 bridgehead atoms. The molecule has 34 heavy (non-hydrogen) atoms. The van der Waals surface area contributed by atoms with Crippen molar-refractivity contribution in [2.75, 3.05) is 0 Å². The smallest absolute Gasteiger partial charge is 0.164 e. The Labute approximate surface area is 198 Å². The van der Waals surface area contributed by atoms with Crippen LogP contribution < -0.4 is 5.32 Å². The van der Waals surface area contributed by atoms with Gasteiger partial charge in [-0.05, 0) is 45.4 Å². The van der Waals surface area contributed by atoms with Crippen molar-refractivity contribution in [2.24, 2.45) is 10.9 Å². The topological polar surface area (TPSA) is 91.8 Å². The molecule has 0 radical (unpaired) electrons. The van der Waals surface area contributed by atoms with Crippen LogP contribution in [0.5, 0.6) is 0 Å². The van der Waals surface area contributed by atoms with E-state index < -0.39 is 0 Å². The molecule has 1 aliphatic carbocycles. The molecule has 2 aromatic heterocycles. The fourth-order valence-electron chi connectivity index (χ4n) is 5.38. The SMILES string of the molecule is C=C(/C=N\C=N)c1nc2c(C)nc(C)nc2n1CC1=C(F)CC(CC2=CC3CCC(C2)N3)C=C1. The summed E-state index contributed by atoms with van der Waals surface area (Å²) in [6, 6.07) is 1.10. The molecule has 5 rings (SSSR count). The summed E-state index contributed by atoms with van der Waals surface area (Å²) in [6.45, 7) is 8.07. The normalized spacial score (nSPS) is 24.3. The van der Waals surface area contributed by atoms with E-state index in [1.54, 1.807) is 0 Å². The van der Waals surface area contributed by atoms with Crippen molar-refractivity contribution < 1.29 is 4.39 Å². The van der Waals surface area contributed by atoms with E-state index in [9.17, 15) is 0 Å². The number of rotatable bonds is 7. The van der Waals surface area contributed by atoms with Gasteiger partial charge >= 0.3 is 0 Å². The Morgan fingerprint density at radius 1 is 1.29 bits per heavy atom. The van der Waals surface area contributed by atoms with Gasteiger partial charge in [-0.25, -0.2) is 24.3 Å². The van der Waals surface area contributed by atoms with Gasteiger partial charge in [-0.2, -0.15) is 0 Å². The van der Waals surface area contributed by atoms with Crippen LogP contribution in [0.3, 0.4) is 0 Å². The molecule has 4 heterocycles. The van der Waals surface area contributed by atoms with Gasteiger partial charge < -0.3 is 9.88 Å². The van der Waals surface area contributed by atoms with Crippen molar-refractivity contribution in [3.63, 3.8) is 0 Å². The average molecular weight is 460 g/mol. The van der Waals surface area contributed by atoms with Crippen LogP contribution in [-0.2, 0) is 6.54 Å². The average Bonchev–Trinajstić information content (AvgIpc) is 3.33. The number of nitrogens with one attached hydrogen (secondary N) is 2. The van der Waals surface area contributed by atoms with Crippen LogP contribution in [0.25, 0.3) is 16.7 Å². The van der Waals surface area contributed by atoms with Gasteiger partial charge in [0.15, 0.2) is 5.65 Å². The Kier molecular flexibility index (Phi) is 6.08. The molecule has 2 N–H and O–H groups in total. The summed E-state index contributed by atoms with van der Waals surface area (Å²) < 4.78 is 17.2. The first-order valence-electron chi connectivity index (χ1n) is 11.9. The number of aliphatic imine (C=N–C) groups is 1. The molecule has 3 atom stereocenters. The zero-order valence-corrected chi connectivity index (χ0v) is 19.7. The fourth-order valence-corrected chi connectivity index (χ4v) is 5.38. The molecule has 1 fully saturated rings. The van der Waals surface area contributed by atoms with Crippen LogP contribution in [0.4, 0.5) is 4.39 Å². The van der Waals surface area contributed by atoms with Crippen molar-refractivity contribution in [2.45, 2.75) is 64.6 Å². The molecular formula is C26H30FN7. The Balaban J connectivity index is 1.41. The van der Waals surface area contributed by atoms with Gasteiger partial charge in [0.2, 0.25) is 0 Å². The summed E-state index contributed by atoms with van der Waals surface area (Å²) in [5, 5.41) is 10.8. The molecule has 0 aromatic carbocycles. The predicted octanol–water partition coefficient (Wildman–Crippen LogP) is 4.77. The minimum absolute atomic E-state index is 0.0842. The fraction of sp³-hybridized carbons (Fsp3) is 0.423. The maximum atomic E-state index is 15.4. The standard InChI is InChI=1S/C26H30FN7/c1-15(12-29-14-28)25-33-24-16(2)30-17(3)31-26(24)34(25)13-20-5-4-18(11-23(20)27)8-19-9-21-6-7-22(10-19)32-21/h4-5,9,12,14,18,21-22,28,32H,1,6-8,10-11,13H2,2-3H3/b28-14?,29-12-. The number of fused-ring (bicyclic) bond motifs is 3. The zero-order chi connectivity index (χ0) is 23.8. The molecule has 0 spiro atoms. The van der Waals surface area contributed by atoms with E-state index in [0.717, 1.165) is 24.9 Å². The van der Waals surface area contributed by atoms with Gasteiger partial charge in [-0.1, -0.05) is 30.4 Å². The number of aromatic nitrogens is 4. The van der Waals surface area contributed by atoms with Crippen molar-refractivity contribution in [1.29, 1.82) is 5.41 Å². The van der Waals surface area contributed by atoms with Crippen molar-refractivity contribution >= 4 is 29.3 Å². The van der Waals surface area contributed by atoms with Crippen LogP contribution in [0, 0.1) is 25.2 Å². The lowest BCUT2D eigenvalue weighted by atomic mass is 9.87. The first-order chi connectivity index (χ1) is 16.4. The van der Waals surface area contributed by atoms with Gasteiger partial charge in [0.25, 0.3) is 0 Å². The number of nitrogens with zero attached hydrogens (tertiary/aromatic N) is 5. The third-order valence-electron chi connectivity index (χ3n) is 6.91. The summed E-state index contributed by atoms with van der Waals surface area (Å²) in [5.41, 5.74) is 4.69. The van der Waals surface area contributed by atoms with Crippen LogP contribution in [0.1, 0.15) is 49.4 Å². The van der Waals surface area contributed by atoms with Crippen molar-refractivity contribution in [3.8, 4) is 0 Å². The molecule has 7 nitrogen and oxygen atoms in total. The Morgan fingerprint density at radius 2 is 2.15 bits per heavy atom. The second-order valence-electron chi connectivity index (χ2n) is 9.52. The second kappa shape index (κ2) is 9.18. The van der Waals surface area contributed by atoms with E-state index >= 15 is 4.39 Å². The second-order valence-corrected chi connectivity index (χ2v) is 9.52. The lowest BCUT2D eigenvalue weighted by Crippen LogP contribution is -2.32. The Bertz CT molecular complexity index is 1280. The van der Waals surface area contributed by atoms with Crippen LogP contribution in [0.2, 0.25) is 0 Å². The number of halogens is 1. The summed E-state index contributed by atoms with van der Waals surface area (Å²) in [7, 11) is 0.